The molecule has 0 radical (unpaired) electrons. The maximum Gasteiger partial charge on any atom is 0.162 e. The van der Waals surface area contributed by atoms with Crippen molar-refractivity contribution in [2.75, 3.05) is 58.9 Å². The van der Waals surface area contributed by atoms with E-state index in [9.17, 15) is 0 Å². The van der Waals surface area contributed by atoms with Gasteiger partial charge in [-0.3, -0.25) is 0 Å². The molecule has 0 aliphatic carbocycles. The summed E-state index contributed by atoms with van der Waals surface area (Å²) < 4.78 is 6.50. The molecule has 182 valence electrons. The maximum absolute atomic E-state index is 6.50. The summed E-state index contributed by atoms with van der Waals surface area (Å²) in [5.41, 5.74) is 0.319. The van der Waals surface area contributed by atoms with Crippen molar-refractivity contribution in [1.29, 1.82) is 0 Å². The predicted molar refractivity (Wildman–Crippen MR) is 138 cm³/mol. The van der Waals surface area contributed by atoms with E-state index < -0.39 is 9.76 Å². The van der Waals surface area contributed by atoms with Crippen molar-refractivity contribution >= 4 is 9.76 Å². The Hall–Kier alpha value is 0.0569. The molecule has 0 aliphatic heterocycles. The van der Waals surface area contributed by atoms with Gasteiger partial charge in [0.2, 0.25) is 0 Å². The minimum atomic E-state index is -0.536. The third-order valence-electron chi connectivity index (χ3n) is 6.53. The fourth-order valence-electron chi connectivity index (χ4n) is 4.77. The van der Waals surface area contributed by atoms with Crippen LogP contribution in [0, 0.1) is 5.41 Å². The first-order valence-electron chi connectivity index (χ1n) is 13.3. The normalized spacial score (nSPS) is 13.2. The fraction of sp³-hybridized carbons (Fsp3) is 1.00. The number of hydrogen-bond acceptors (Lipinski definition) is 4. The van der Waals surface area contributed by atoms with Crippen LogP contribution in [-0.4, -0.2) is 89.5 Å². The molecule has 5 heteroatoms. The number of hydrogen-bond donors (Lipinski definition) is 0. The van der Waals surface area contributed by atoms with E-state index in [1.54, 1.807) is 0 Å². The van der Waals surface area contributed by atoms with Gasteiger partial charge in [-0.15, -0.1) is 0 Å². The zero-order chi connectivity index (χ0) is 22.8. The van der Waals surface area contributed by atoms with Crippen molar-refractivity contribution in [2.24, 2.45) is 5.41 Å². The first kappa shape index (κ1) is 30.1. The first-order chi connectivity index (χ1) is 14.5. The van der Waals surface area contributed by atoms with Crippen LogP contribution in [0.4, 0.5) is 0 Å². The van der Waals surface area contributed by atoms with Gasteiger partial charge in [-0.2, -0.15) is 0 Å². The van der Waals surface area contributed by atoms with Gasteiger partial charge in [0, 0.05) is 31.2 Å². The van der Waals surface area contributed by atoms with E-state index in [4.69, 9.17) is 4.43 Å². The Balaban J connectivity index is 5.73. The molecule has 0 spiro atoms. The highest BCUT2D eigenvalue weighted by molar-refractivity contribution is 6.27. The van der Waals surface area contributed by atoms with E-state index in [2.05, 4.69) is 70.1 Å². The summed E-state index contributed by atoms with van der Waals surface area (Å²) in [6.07, 6.45) is 6.50. The summed E-state index contributed by atoms with van der Waals surface area (Å²) in [7, 11) is -0.536. The fourth-order valence-corrected chi connectivity index (χ4v) is 6.60. The molecular formula is C25H57N3OSi. The zero-order valence-electron chi connectivity index (χ0n) is 22.1. The van der Waals surface area contributed by atoms with E-state index in [1.807, 2.05) is 0 Å². The standard InChI is InChI=1S/C25H57N3OSi/c1-9-17-26(14-6)20-25(21-27(15-7)18-10-2,22-28(16-8)19-11-3)23-30-29-24(12-4)13-5/h24H,9-23,30H2,1-8H3. The molecule has 0 heterocycles. The molecule has 0 amide bonds. The quantitative estimate of drug-likeness (QED) is 0.235. The molecule has 0 saturated carbocycles. The van der Waals surface area contributed by atoms with Crippen molar-refractivity contribution < 1.29 is 4.43 Å². The first-order valence-corrected chi connectivity index (χ1v) is 14.8. The molecule has 0 saturated heterocycles. The van der Waals surface area contributed by atoms with Gasteiger partial charge in [0.15, 0.2) is 9.76 Å². The summed E-state index contributed by atoms with van der Waals surface area (Å²) in [4.78, 5) is 8.14. The molecule has 0 atom stereocenters. The van der Waals surface area contributed by atoms with Crippen LogP contribution in [-0.2, 0) is 4.43 Å². The smallest absolute Gasteiger partial charge is 0.162 e. The lowest BCUT2D eigenvalue weighted by atomic mass is 9.87. The summed E-state index contributed by atoms with van der Waals surface area (Å²) in [5, 5.41) is 0. The summed E-state index contributed by atoms with van der Waals surface area (Å²) in [6.45, 7) is 29.3. The zero-order valence-corrected chi connectivity index (χ0v) is 23.6. The van der Waals surface area contributed by atoms with Gasteiger partial charge < -0.3 is 19.1 Å². The van der Waals surface area contributed by atoms with E-state index in [1.165, 1.54) is 64.6 Å². The van der Waals surface area contributed by atoms with E-state index in [0.29, 0.717) is 11.5 Å². The van der Waals surface area contributed by atoms with Crippen LogP contribution < -0.4 is 0 Å². The van der Waals surface area contributed by atoms with Gasteiger partial charge in [0.25, 0.3) is 0 Å². The molecule has 0 fully saturated rings. The Morgan fingerprint density at radius 2 is 1.00 bits per heavy atom. The number of nitrogens with zero attached hydrogens (tertiary/aromatic N) is 3. The van der Waals surface area contributed by atoms with E-state index in [0.717, 1.165) is 32.5 Å². The van der Waals surface area contributed by atoms with Crippen LogP contribution >= 0.6 is 0 Å². The largest absolute Gasteiger partial charge is 0.421 e. The molecule has 4 nitrogen and oxygen atoms in total. The third kappa shape index (κ3) is 12.2. The van der Waals surface area contributed by atoms with Gasteiger partial charge in [-0.05, 0) is 77.4 Å². The summed E-state index contributed by atoms with van der Waals surface area (Å²) in [5.74, 6) is 0. The molecule has 0 aromatic carbocycles. The lowest BCUT2D eigenvalue weighted by Crippen LogP contribution is -2.52. The molecule has 0 aromatic rings. The Morgan fingerprint density at radius 3 is 1.27 bits per heavy atom. The van der Waals surface area contributed by atoms with Crippen LogP contribution in [0.25, 0.3) is 0 Å². The predicted octanol–water partition coefficient (Wildman–Crippen LogP) is 4.88. The third-order valence-corrected chi connectivity index (χ3v) is 8.51. The van der Waals surface area contributed by atoms with Gasteiger partial charge in [0.1, 0.15) is 0 Å². The SMILES string of the molecule is CCCN(CC)CC(C[SiH2]OC(CC)CC)(CN(CC)CCC)CN(CC)CCC. The van der Waals surface area contributed by atoms with Crippen LogP contribution in [0.15, 0.2) is 0 Å². The Bertz CT molecular complexity index is 339. The molecular weight excluding hydrogens is 386 g/mol. The van der Waals surface area contributed by atoms with Crippen molar-refractivity contribution in [1.82, 2.24) is 14.7 Å². The minimum Gasteiger partial charge on any atom is -0.421 e. The van der Waals surface area contributed by atoms with Crippen molar-refractivity contribution in [3.8, 4) is 0 Å². The van der Waals surface area contributed by atoms with Gasteiger partial charge >= 0.3 is 0 Å². The Morgan fingerprint density at radius 1 is 0.633 bits per heavy atom. The molecule has 0 aliphatic rings. The average Bonchev–Trinajstić information content (AvgIpc) is 2.75. The second kappa shape index (κ2) is 18.6. The number of rotatable bonds is 21. The van der Waals surface area contributed by atoms with Crippen LogP contribution in [0.3, 0.4) is 0 Å². The molecule has 0 bridgehead atoms. The molecule has 30 heavy (non-hydrogen) atoms. The average molecular weight is 444 g/mol. The van der Waals surface area contributed by atoms with Gasteiger partial charge in [-0.25, -0.2) is 0 Å². The lowest BCUT2D eigenvalue weighted by molar-refractivity contribution is 0.0672. The monoisotopic (exact) mass is 443 g/mol. The molecule has 0 rings (SSSR count). The molecule has 0 N–H and O–H groups in total. The minimum absolute atomic E-state index is 0.319. The Kier molecular flexibility index (Phi) is 18.6. The Labute approximate surface area is 193 Å². The summed E-state index contributed by atoms with van der Waals surface area (Å²) >= 11 is 0. The summed E-state index contributed by atoms with van der Waals surface area (Å²) in [6, 6.07) is 1.30. The van der Waals surface area contributed by atoms with Crippen molar-refractivity contribution in [3.63, 3.8) is 0 Å². The topological polar surface area (TPSA) is 19.0 Å². The van der Waals surface area contributed by atoms with E-state index in [-0.39, 0.29) is 0 Å². The van der Waals surface area contributed by atoms with Crippen LogP contribution in [0.5, 0.6) is 0 Å². The highest BCUT2D eigenvalue weighted by Gasteiger charge is 2.35. The highest BCUT2D eigenvalue weighted by atomic mass is 28.2. The van der Waals surface area contributed by atoms with Gasteiger partial charge in [-0.1, -0.05) is 55.4 Å². The van der Waals surface area contributed by atoms with Crippen molar-refractivity contribution in [2.45, 2.75) is 99.6 Å². The van der Waals surface area contributed by atoms with Gasteiger partial charge in [0.05, 0.1) is 0 Å². The highest BCUT2D eigenvalue weighted by Crippen LogP contribution is 2.29. The van der Waals surface area contributed by atoms with E-state index >= 15 is 0 Å². The van der Waals surface area contributed by atoms with Crippen LogP contribution in [0.1, 0.15) is 87.5 Å². The van der Waals surface area contributed by atoms with Crippen LogP contribution in [0.2, 0.25) is 6.04 Å². The lowest BCUT2D eigenvalue weighted by Gasteiger charge is -2.44. The van der Waals surface area contributed by atoms with Crippen molar-refractivity contribution in [3.05, 3.63) is 0 Å². The molecule has 0 unspecified atom stereocenters. The maximum atomic E-state index is 6.50. The second-order valence-corrected chi connectivity index (χ2v) is 10.4. The molecule has 0 aromatic heterocycles. The second-order valence-electron chi connectivity index (χ2n) is 9.17.